The fourth-order valence-electron chi connectivity index (χ4n) is 1.85. The summed E-state index contributed by atoms with van der Waals surface area (Å²) in [5.41, 5.74) is 6.17. The second-order valence-electron chi connectivity index (χ2n) is 3.65. The van der Waals surface area contributed by atoms with Gasteiger partial charge in [0, 0.05) is 5.56 Å². The molecule has 0 aliphatic heterocycles. The predicted octanol–water partition coefficient (Wildman–Crippen LogP) is -0.458. The second kappa shape index (κ2) is 3.38. The van der Waals surface area contributed by atoms with Gasteiger partial charge in [-0.25, -0.2) is 4.98 Å². The van der Waals surface area contributed by atoms with E-state index in [9.17, 15) is 9.59 Å². The first-order valence-electron chi connectivity index (χ1n) is 4.68. The highest BCUT2D eigenvalue weighted by atomic mass is 16.4. The van der Waals surface area contributed by atoms with Crippen LogP contribution >= 0.6 is 0 Å². The Balaban J connectivity index is 2.42. The highest BCUT2D eigenvalue weighted by Crippen LogP contribution is 2.21. The number of aromatic amines is 1. The highest BCUT2D eigenvalue weighted by molar-refractivity contribution is 5.70. The SMILES string of the molecule is Nc1nc2c(c(=O)[nH]1)C[C@H](C(=O)O)CC2. The van der Waals surface area contributed by atoms with Crippen molar-refractivity contribution in [2.45, 2.75) is 19.3 Å². The molecule has 0 aromatic carbocycles. The van der Waals surface area contributed by atoms with E-state index in [0.29, 0.717) is 24.1 Å². The number of fused-ring (bicyclic) bond motifs is 1. The van der Waals surface area contributed by atoms with Crippen LogP contribution in [0.5, 0.6) is 0 Å². The minimum atomic E-state index is -0.864. The maximum Gasteiger partial charge on any atom is 0.306 e. The van der Waals surface area contributed by atoms with E-state index in [2.05, 4.69) is 9.97 Å². The molecular weight excluding hydrogens is 198 g/mol. The van der Waals surface area contributed by atoms with Gasteiger partial charge in [0.15, 0.2) is 0 Å². The van der Waals surface area contributed by atoms with Crippen molar-refractivity contribution in [1.82, 2.24) is 9.97 Å². The fourth-order valence-corrected chi connectivity index (χ4v) is 1.85. The van der Waals surface area contributed by atoms with Crippen molar-refractivity contribution < 1.29 is 9.90 Å². The van der Waals surface area contributed by atoms with Crippen molar-refractivity contribution >= 4 is 11.9 Å². The van der Waals surface area contributed by atoms with E-state index < -0.39 is 11.9 Å². The molecule has 0 saturated carbocycles. The number of nitrogens with zero attached hydrogens (tertiary/aromatic N) is 1. The lowest BCUT2D eigenvalue weighted by Crippen LogP contribution is -2.29. The number of nitrogens with two attached hydrogens (primary N) is 1. The van der Waals surface area contributed by atoms with Gasteiger partial charge in [0.1, 0.15) is 0 Å². The third kappa shape index (κ3) is 1.70. The van der Waals surface area contributed by atoms with Gasteiger partial charge in [0.05, 0.1) is 11.6 Å². The second-order valence-corrected chi connectivity index (χ2v) is 3.65. The number of aliphatic carboxylic acids is 1. The molecule has 1 heterocycles. The Hall–Kier alpha value is -1.85. The molecule has 0 radical (unpaired) electrons. The molecule has 1 aliphatic carbocycles. The zero-order valence-corrected chi connectivity index (χ0v) is 7.99. The van der Waals surface area contributed by atoms with Crippen LogP contribution < -0.4 is 11.3 Å². The van der Waals surface area contributed by atoms with Gasteiger partial charge in [-0.15, -0.1) is 0 Å². The number of nitrogen functional groups attached to an aromatic ring is 1. The first kappa shape index (κ1) is 9.70. The Bertz CT molecular complexity index is 466. The van der Waals surface area contributed by atoms with Crippen LogP contribution in [0.2, 0.25) is 0 Å². The molecule has 0 spiro atoms. The van der Waals surface area contributed by atoms with Crippen LogP contribution in [-0.2, 0) is 17.6 Å². The average molecular weight is 209 g/mol. The lowest BCUT2D eigenvalue weighted by atomic mass is 9.87. The summed E-state index contributed by atoms with van der Waals surface area (Å²) in [4.78, 5) is 28.6. The Morgan fingerprint density at radius 2 is 2.33 bits per heavy atom. The third-order valence-electron chi connectivity index (χ3n) is 2.65. The van der Waals surface area contributed by atoms with Gasteiger partial charge in [0.25, 0.3) is 5.56 Å². The molecule has 0 bridgehead atoms. The largest absolute Gasteiger partial charge is 0.481 e. The number of rotatable bonds is 1. The van der Waals surface area contributed by atoms with Crippen molar-refractivity contribution in [3.05, 3.63) is 21.6 Å². The number of H-pyrrole nitrogens is 1. The van der Waals surface area contributed by atoms with Crippen molar-refractivity contribution in [2.24, 2.45) is 5.92 Å². The minimum Gasteiger partial charge on any atom is -0.481 e. The molecule has 1 aromatic rings. The summed E-state index contributed by atoms with van der Waals surface area (Å²) >= 11 is 0. The molecule has 1 aromatic heterocycles. The summed E-state index contributed by atoms with van der Waals surface area (Å²) in [6.45, 7) is 0. The predicted molar refractivity (Wildman–Crippen MR) is 52.4 cm³/mol. The van der Waals surface area contributed by atoms with Crippen molar-refractivity contribution in [3.63, 3.8) is 0 Å². The Morgan fingerprint density at radius 3 is 3.00 bits per heavy atom. The third-order valence-corrected chi connectivity index (χ3v) is 2.65. The molecule has 1 atom stereocenters. The molecule has 0 saturated heterocycles. The number of anilines is 1. The molecule has 6 nitrogen and oxygen atoms in total. The molecule has 80 valence electrons. The normalized spacial score (nSPS) is 19.6. The molecule has 6 heteroatoms. The smallest absolute Gasteiger partial charge is 0.306 e. The van der Waals surface area contributed by atoms with Crippen molar-refractivity contribution in [2.75, 3.05) is 5.73 Å². The van der Waals surface area contributed by atoms with Gasteiger partial charge in [-0.05, 0) is 19.3 Å². The summed E-state index contributed by atoms with van der Waals surface area (Å²) in [5, 5.41) is 8.85. The monoisotopic (exact) mass is 209 g/mol. The average Bonchev–Trinajstić information content (AvgIpc) is 2.16. The standard InChI is InChI=1S/C9H11N3O3/c10-9-11-6-2-1-4(8(14)15)3-5(6)7(13)12-9/h4H,1-3H2,(H,14,15)(H3,10,11,12,13)/t4-/m1/s1. The Morgan fingerprint density at radius 1 is 1.60 bits per heavy atom. The van der Waals surface area contributed by atoms with Crippen LogP contribution in [0.25, 0.3) is 0 Å². The number of carboxylic acid groups (broad SMARTS) is 1. The van der Waals surface area contributed by atoms with Gasteiger partial charge in [-0.1, -0.05) is 0 Å². The summed E-state index contributed by atoms with van der Waals surface area (Å²) in [7, 11) is 0. The van der Waals surface area contributed by atoms with E-state index in [0.717, 1.165) is 0 Å². The van der Waals surface area contributed by atoms with Gasteiger partial charge in [-0.3, -0.25) is 14.6 Å². The van der Waals surface area contributed by atoms with Gasteiger partial charge in [-0.2, -0.15) is 0 Å². The molecular formula is C9H11N3O3. The molecule has 2 rings (SSSR count). The molecule has 1 aliphatic rings. The number of hydrogen-bond donors (Lipinski definition) is 3. The zero-order chi connectivity index (χ0) is 11.0. The van der Waals surface area contributed by atoms with Gasteiger partial charge in [0.2, 0.25) is 5.95 Å². The van der Waals surface area contributed by atoms with E-state index in [1.165, 1.54) is 0 Å². The molecule has 15 heavy (non-hydrogen) atoms. The molecule has 0 amide bonds. The van der Waals surface area contributed by atoms with E-state index in [4.69, 9.17) is 10.8 Å². The first-order chi connectivity index (χ1) is 7.08. The van der Waals surface area contributed by atoms with Crippen LogP contribution in [0.3, 0.4) is 0 Å². The number of aryl methyl sites for hydroxylation is 1. The summed E-state index contributed by atoms with van der Waals surface area (Å²) in [5.74, 6) is -1.26. The topological polar surface area (TPSA) is 109 Å². The fraction of sp³-hybridized carbons (Fsp3) is 0.444. The zero-order valence-electron chi connectivity index (χ0n) is 7.99. The maximum atomic E-state index is 11.5. The number of hydrogen-bond acceptors (Lipinski definition) is 4. The van der Waals surface area contributed by atoms with Crippen LogP contribution in [-0.4, -0.2) is 21.0 Å². The molecule has 0 fully saturated rings. The quantitative estimate of drug-likeness (QED) is 0.580. The first-order valence-corrected chi connectivity index (χ1v) is 4.68. The molecule has 4 N–H and O–H groups in total. The van der Waals surface area contributed by atoms with Crippen LogP contribution in [0.4, 0.5) is 5.95 Å². The molecule has 0 unspecified atom stereocenters. The van der Waals surface area contributed by atoms with Crippen LogP contribution in [0.1, 0.15) is 17.7 Å². The Labute approximate surface area is 85.1 Å². The van der Waals surface area contributed by atoms with E-state index in [1.54, 1.807) is 0 Å². The maximum absolute atomic E-state index is 11.5. The lowest BCUT2D eigenvalue weighted by molar-refractivity contribution is -0.142. The van der Waals surface area contributed by atoms with Gasteiger partial charge < -0.3 is 10.8 Å². The number of nitrogens with one attached hydrogen (secondary N) is 1. The minimum absolute atomic E-state index is 0.0903. The Kier molecular flexibility index (Phi) is 2.18. The van der Waals surface area contributed by atoms with Crippen molar-refractivity contribution in [3.8, 4) is 0 Å². The number of carboxylic acids is 1. The van der Waals surface area contributed by atoms with Gasteiger partial charge >= 0.3 is 5.97 Å². The van der Waals surface area contributed by atoms with Crippen molar-refractivity contribution in [1.29, 1.82) is 0 Å². The number of aromatic nitrogens is 2. The summed E-state index contributed by atoms with van der Waals surface area (Å²) in [6, 6.07) is 0. The summed E-state index contributed by atoms with van der Waals surface area (Å²) < 4.78 is 0. The lowest BCUT2D eigenvalue weighted by Gasteiger charge is -2.19. The number of carbonyl (C=O) groups is 1. The summed E-state index contributed by atoms with van der Waals surface area (Å²) in [6.07, 6.45) is 1.26. The van der Waals surface area contributed by atoms with E-state index in [1.807, 2.05) is 0 Å². The van der Waals surface area contributed by atoms with E-state index in [-0.39, 0.29) is 17.9 Å². The van der Waals surface area contributed by atoms with E-state index >= 15 is 0 Å². The highest BCUT2D eigenvalue weighted by Gasteiger charge is 2.27. The van der Waals surface area contributed by atoms with Crippen LogP contribution in [0.15, 0.2) is 4.79 Å². The van der Waals surface area contributed by atoms with Crippen LogP contribution in [0, 0.1) is 5.92 Å².